The number of nitrogens with one attached hydrogen (secondary N) is 1. The minimum atomic E-state index is -0.745. The molecule has 0 fully saturated rings. The van der Waals surface area contributed by atoms with Gasteiger partial charge in [-0.1, -0.05) is 30.3 Å². The summed E-state index contributed by atoms with van der Waals surface area (Å²) in [6, 6.07) is 19.0. The standard InChI is InChI=1S/C24H24N4O3/c1-15-22-20(17-8-6-5-7-9-17)14-21(26-23(22)28(3)27-15)31-16(2)24(29)25-18-10-12-19(30-4)13-11-18/h5-14,16H,1-4H3,(H,25,29)/t16-/m1/s1. The Hall–Kier alpha value is -3.87. The first-order valence-electron chi connectivity index (χ1n) is 9.97. The van der Waals surface area contributed by atoms with E-state index in [4.69, 9.17) is 9.47 Å². The highest BCUT2D eigenvalue weighted by atomic mass is 16.5. The van der Waals surface area contributed by atoms with Crippen LogP contribution < -0.4 is 14.8 Å². The zero-order chi connectivity index (χ0) is 22.0. The van der Waals surface area contributed by atoms with E-state index < -0.39 is 6.10 Å². The van der Waals surface area contributed by atoms with Gasteiger partial charge in [-0.25, -0.2) is 0 Å². The summed E-state index contributed by atoms with van der Waals surface area (Å²) in [5, 5.41) is 8.33. The van der Waals surface area contributed by atoms with E-state index in [2.05, 4.69) is 15.4 Å². The van der Waals surface area contributed by atoms with Crippen molar-refractivity contribution in [2.24, 2.45) is 7.05 Å². The molecule has 0 saturated carbocycles. The Morgan fingerprint density at radius 1 is 1.10 bits per heavy atom. The van der Waals surface area contributed by atoms with Crippen LogP contribution in [0.2, 0.25) is 0 Å². The topological polar surface area (TPSA) is 78.3 Å². The lowest BCUT2D eigenvalue weighted by Gasteiger charge is -2.15. The number of ether oxygens (including phenoxy) is 2. The molecule has 0 spiro atoms. The highest BCUT2D eigenvalue weighted by molar-refractivity contribution is 5.96. The third-order valence-electron chi connectivity index (χ3n) is 5.05. The number of benzene rings is 2. The van der Waals surface area contributed by atoms with Gasteiger partial charge in [-0.05, 0) is 49.2 Å². The predicted molar refractivity (Wildman–Crippen MR) is 120 cm³/mol. The monoisotopic (exact) mass is 416 g/mol. The van der Waals surface area contributed by atoms with Crippen LogP contribution in [0, 0.1) is 6.92 Å². The van der Waals surface area contributed by atoms with Gasteiger partial charge < -0.3 is 14.8 Å². The molecule has 0 saturated heterocycles. The van der Waals surface area contributed by atoms with Gasteiger partial charge in [0.05, 0.1) is 18.2 Å². The van der Waals surface area contributed by atoms with E-state index >= 15 is 0 Å². The van der Waals surface area contributed by atoms with Crippen LogP contribution >= 0.6 is 0 Å². The molecular weight excluding hydrogens is 392 g/mol. The lowest BCUT2D eigenvalue weighted by molar-refractivity contribution is -0.122. The van der Waals surface area contributed by atoms with Crippen LogP contribution in [0.5, 0.6) is 11.6 Å². The number of aryl methyl sites for hydroxylation is 2. The fraction of sp³-hybridized carbons (Fsp3) is 0.208. The van der Waals surface area contributed by atoms with Crippen LogP contribution in [0.1, 0.15) is 12.6 Å². The third kappa shape index (κ3) is 4.21. The summed E-state index contributed by atoms with van der Waals surface area (Å²) < 4.78 is 12.8. The second-order valence-electron chi connectivity index (χ2n) is 7.26. The van der Waals surface area contributed by atoms with Gasteiger partial charge in [-0.15, -0.1) is 0 Å². The molecular formula is C24H24N4O3. The van der Waals surface area contributed by atoms with Crippen molar-refractivity contribution in [1.82, 2.24) is 14.8 Å². The number of pyridine rings is 1. The smallest absolute Gasteiger partial charge is 0.265 e. The van der Waals surface area contributed by atoms with Gasteiger partial charge >= 0.3 is 0 Å². The molecule has 0 bridgehead atoms. The molecule has 7 nitrogen and oxygen atoms in total. The zero-order valence-corrected chi connectivity index (χ0v) is 17.9. The summed E-state index contributed by atoms with van der Waals surface area (Å²) in [5.74, 6) is 0.820. The highest BCUT2D eigenvalue weighted by Crippen LogP contribution is 2.33. The van der Waals surface area contributed by atoms with Crippen LogP contribution in [0.15, 0.2) is 60.7 Å². The van der Waals surface area contributed by atoms with E-state index in [1.54, 1.807) is 43.0 Å². The number of hydrogen-bond donors (Lipinski definition) is 1. The van der Waals surface area contributed by atoms with Crippen LogP contribution in [0.25, 0.3) is 22.2 Å². The summed E-state index contributed by atoms with van der Waals surface area (Å²) in [6.45, 7) is 3.66. The van der Waals surface area contributed by atoms with E-state index in [9.17, 15) is 4.79 Å². The van der Waals surface area contributed by atoms with Gasteiger partial charge in [0.1, 0.15) is 5.75 Å². The second-order valence-corrected chi connectivity index (χ2v) is 7.26. The SMILES string of the molecule is COc1ccc(NC(=O)[C@@H](C)Oc2cc(-c3ccccc3)c3c(C)nn(C)c3n2)cc1. The maximum Gasteiger partial charge on any atom is 0.265 e. The highest BCUT2D eigenvalue weighted by Gasteiger charge is 2.19. The second kappa shape index (κ2) is 8.47. The van der Waals surface area contributed by atoms with E-state index in [0.29, 0.717) is 17.2 Å². The number of amides is 1. The van der Waals surface area contributed by atoms with Crippen molar-refractivity contribution in [2.75, 3.05) is 12.4 Å². The number of anilines is 1. The van der Waals surface area contributed by atoms with Crippen LogP contribution in [-0.4, -0.2) is 33.9 Å². The minimum absolute atomic E-state index is 0.269. The van der Waals surface area contributed by atoms with Crippen molar-refractivity contribution in [3.63, 3.8) is 0 Å². The number of carbonyl (C=O) groups is 1. The molecule has 1 N–H and O–H groups in total. The minimum Gasteiger partial charge on any atom is -0.497 e. The van der Waals surface area contributed by atoms with Crippen molar-refractivity contribution in [1.29, 1.82) is 0 Å². The summed E-state index contributed by atoms with van der Waals surface area (Å²) in [4.78, 5) is 17.3. The van der Waals surface area contributed by atoms with Gasteiger partial charge in [-0.2, -0.15) is 10.1 Å². The average Bonchev–Trinajstić information content (AvgIpc) is 3.07. The molecule has 4 rings (SSSR count). The molecule has 2 heterocycles. The van der Waals surface area contributed by atoms with Crippen molar-refractivity contribution in [2.45, 2.75) is 20.0 Å². The predicted octanol–water partition coefficient (Wildman–Crippen LogP) is 4.36. The van der Waals surface area contributed by atoms with Crippen LogP contribution in [0.3, 0.4) is 0 Å². The average molecular weight is 416 g/mol. The Labute approximate surface area is 180 Å². The lowest BCUT2D eigenvalue weighted by atomic mass is 10.0. The molecule has 0 unspecified atom stereocenters. The Balaban J connectivity index is 1.61. The molecule has 0 aliphatic carbocycles. The van der Waals surface area contributed by atoms with Crippen LogP contribution in [0.4, 0.5) is 5.69 Å². The maximum atomic E-state index is 12.6. The van der Waals surface area contributed by atoms with Gasteiger partial charge in [0, 0.05) is 18.8 Å². The molecule has 0 aliphatic rings. The fourth-order valence-corrected chi connectivity index (χ4v) is 3.48. The van der Waals surface area contributed by atoms with Gasteiger partial charge in [-0.3, -0.25) is 9.48 Å². The molecule has 4 aromatic rings. The Bertz CT molecular complexity index is 1220. The molecule has 7 heteroatoms. The molecule has 0 aliphatic heterocycles. The normalized spacial score (nSPS) is 11.9. The Kier molecular flexibility index (Phi) is 5.58. The van der Waals surface area contributed by atoms with Crippen molar-refractivity contribution >= 4 is 22.6 Å². The van der Waals surface area contributed by atoms with Crippen molar-refractivity contribution in [3.8, 4) is 22.8 Å². The van der Waals surface area contributed by atoms with Crippen LogP contribution in [-0.2, 0) is 11.8 Å². The molecule has 158 valence electrons. The van der Waals surface area contributed by atoms with Gasteiger partial charge in [0.15, 0.2) is 11.8 Å². The number of methoxy groups -OCH3 is 1. The Morgan fingerprint density at radius 3 is 2.48 bits per heavy atom. The maximum absolute atomic E-state index is 12.6. The summed E-state index contributed by atoms with van der Waals surface area (Å²) in [5.41, 5.74) is 4.26. The first-order valence-corrected chi connectivity index (χ1v) is 9.97. The Morgan fingerprint density at radius 2 is 1.81 bits per heavy atom. The zero-order valence-electron chi connectivity index (χ0n) is 17.9. The van der Waals surface area contributed by atoms with E-state index in [0.717, 1.165) is 28.0 Å². The van der Waals surface area contributed by atoms with Gasteiger partial charge in [0.2, 0.25) is 5.88 Å². The molecule has 1 amide bonds. The molecule has 2 aromatic carbocycles. The lowest BCUT2D eigenvalue weighted by Crippen LogP contribution is -2.30. The quantitative estimate of drug-likeness (QED) is 0.505. The number of hydrogen-bond acceptors (Lipinski definition) is 5. The molecule has 1 atom stereocenters. The summed E-state index contributed by atoms with van der Waals surface area (Å²) in [6.07, 6.45) is -0.745. The molecule has 0 radical (unpaired) electrons. The number of aromatic nitrogens is 3. The van der Waals surface area contributed by atoms with Gasteiger partial charge in [0.25, 0.3) is 5.91 Å². The number of fused-ring (bicyclic) bond motifs is 1. The molecule has 31 heavy (non-hydrogen) atoms. The fourth-order valence-electron chi connectivity index (χ4n) is 3.48. The van der Waals surface area contributed by atoms with E-state index in [1.165, 1.54) is 0 Å². The summed E-state index contributed by atoms with van der Waals surface area (Å²) in [7, 11) is 3.45. The van der Waals surface area contributed by atoms with Crippen molar-refractivity contribution in [3.05, 3.63) is 66.4 Å². The number of rotatable bonds is 6. The number of nitrogens with zero attached hydrogens (tertiary/aromatic N) is 3. The van der Waals surface area contributed by atoms with Crippen molar-refractivity contribution < 1.29 is 14.3 Å². The van der Waals surface area contributed by atoms with E-state index in [-0.39, 0.29) is 5.91 Å². The third-order valence-corrected chi connectivity index (χ3v) is 5.05. The first-order chi connectivity index (χ1) is 15.0. The number of carbonyl (C=O) groups excluding carboxylic acids is 1. The molecule has 2 aromatic heterocycles. The summed E-state index contributed by atoms with van der Waals surface area (Å²) >= 11 is 0. The first kappa shape index (κ1) is 20.4. The largest absolute Gasteiger partial charge is 0.497 e. The van der Waals surface area contributed by atoms with E-state index in [1.807, 2.05) is 50.4 Å².